The minimum atomic E-state index is -0.929. The van der Waals surface area contributed by atoms with Crippen molar-refractivity contribution in [3.8, 4) is 5.75 Å². The molecule has 1 fully saturated rings. The third-order valence-corrected chi connectivity index (χ3v) is 3.03. The number of carbonyl (C=O) groups excluding carboxylic acids is 1. The molecular weight excluding hydrogens is 246 g/mol. The Morgan fingerprint density at radius 1 is 1.37 bits per heavy atom. The minimum absolute atomic E-state index is 0.0901. The van der Waals surface area contributed by atoms with Crippen LogP contribution in [0.4, 0.5) is 0 Å². The van der Waals surface area contributed by atoms with Crippen molar-refractivity contribution < 1.29 is 19.4 Å². The highest BCUT2D eigenvalue weighted by molar-refractivity contribution is 5.89. The van der Waals surface area contributed by atoms with Crippen molar-refractivity contribution in [2.24, 2.45) is 0 Å². The summed E-state index contributed by atoms with van der Waals surface area (Å²) in [5.74, 6) is -0.507. The van der Waals surface area contributed by atoms with E-state index in [0.29, 0.717) is 18.6 Å². The Bertz CT molecular complexity index is 468. The predicted octanol–water partition coefficient (Wildman–Crippen LogP) is 1.58. The molecule has 1 unspecified atom stereocenters. The molecule has 2 N–H and O–H groups in total. The molecule has 0 saturated heterocycles. The molecule has 5 nitrogen and oxygen atoms in total. The summed E-state index contributed by atoms with van der Waals surface area (Å²) in [4.78, 5) is 22.7. The summed E-state index contributed by atoms with van der Waals surface area (Å²) in [5, 5.41) is 11.4. The normalized spacial score (nSPS) is 17.3. The summed E-state index contributed by atoms with van der Waals surface area (Å²) >= 11 is 0. The third-order valence-electron chi connectivity index (χ3n) is 3.03. The van der Waals surface area contributed by atoms with Crippen LogP contribution in [0, 0.1) is 0 Å². The molecule has 0 spiro atoms. The van der Waals surface area contributed by atoms with Crippen molar-refractivity contribution in [1.29, 1.82) is 0 Å². The molecule has 5 heteroatoms. The lowest BCUT2D eigenvalue weighted by molar-refractivity contribution is -0.138. The Hall–Kier alpha value is -2.04. The second-order valence-electron chi connectivity index (χ2n) is 4.88. The van der Waals surface area contributed by atoms with E-state index >= 15 is 0 Å². The van der Waals surface area contributed by atoms with Crippen LogP contribution in [-0.4, -0.2) is 28.6 Å². The van der Waals surface area contributed by atoms with E-state index in [0.717, 1.165) is 0 Å². The number of hydrogen-bond acceptors (Lipinski definition) is 3. The van der Waals surface area contributed by atoms with Crippen molar-refractivity contribution in [3.05, 3.63) is 30.3 Å². The second kappa shape index (κ2) is 5.30. The quantitative estimate of drug-likeness (QED) is 0.817. The number of hydrogen-bond donors (Lipinski definition) is 2. The first-order valence-corrected chi connectivity index (χ1v) is 6.29. The van der Waals surface area contributed by atoms with E-state index in [4.69, 9.17) is 9.84 Å². The summed E-state index contributed by atoms with van der Waals surface area (Å²) in [5.41, 5.74) is -0.811. The van der Waals surface area contributed by atoms with Gasteiger partial charge in [0.2, 0.25) is 0 Å². The van der Waals surface area contributed by atoms with Crippen molar-refractivity contribution in [3.63, 3.8) is 0 Å². The number of carboxylic acids is 1. The lowest BCUT2D eigenvalue weighted by atomic mass is 10.2. The highest BCUT2D eigenvalue weighted by Crippen LogP contribution is 2.40. The lowest BCUT2D eigenvalue weighted by Gasteiger charge is -2.20. The fourth-order valence-corrected chi connectivity index (χ4v) is 1.87. The number of benzene rings is 1. The molecule has 0 heterocycles. The average molecular weight is 263 g/mol. The molecule has 1 amide bonds. The van der Waals surface area contributed by atoms with E-state index in [1.165, 1.54) is 0 Å². The summed E-state index contributed by atoms with van der Waals surface area (Å²) in [6, 6.07) is 8.76. The van der Waals surface area contributed by atoms with Crippen LogP contribution in [0.3, 0.4) is 0 Å². The predicted molar refractivity (Wildman–Crippen MR) is 68.9 cm³/mol. The van der Waals surface area contributed by atoms with Gasteiger partial charge in [-0.1, -0.05) is 18.2 Å². The molecule has 1 aromatic carbocycles. The standard InChI is InChI=1S/C14H17NO4/c1-10(9-12(16)17)15-13(18)14(7-8-14)19-11-5-3-2-4-6-11/h2-6,10H,7-9H2,1H3,(H,15,18)(H,16,17). The molecule has 0 bridgehead atoms. The van der Waals surface area contributed by atoms with Crippen LogP contribution >= 0.6 is 0 Å². The van der Waals surface area contributed by atoms with E-state index in [1.54, 1.807) is 19.1 Å². The zero-order valence-electron chi connectivity index (χ0n) is 10.8. The van der Waals surface area contributed by atoms with Gasteiger partial charge in [0.05, 0.1) is 6.42 Å². The number of ether oxygens (including phenoxy) is 1. The van der Waals surface area contributed by atoms with E-state index in [-0.39, 0.29) is 12.3 Å². The highest BCUT2D eigenvalue weighted by Gasteiger charge is 2.53. The lowest BCUT2D eigenvalue weighted by Crippen LogP contribution is -2.45. The van der Waals surface area contributed by atoms with E-state index in [9.17, 15) is 9.59 Å². The van der Waals surface area contributed by atoms with Crippen LogP contribution < -0.4 is 10.1 Å². The van der Waals surface area contributed by atoms with Gasteiger partial charge in [0, 0.05) is 18.9 Å². The van der Waals surface area contributed by atoms with Gasteiger partial charge in [-0.25, -0.2) is 0 Å². The maximum absolute atomic E-state index is 12.1. The van der Waals surface area contributed by atoms with Crippen LogP contribution in [0.15, 0.2) is 30.3 Å². The zero-order valence-corrected chi connectivity index (χ0v) is 10.8. The maximum atomic E-state index is 12.1. The monoisotopic (exact) mass is 263 g/mol. The number of rotatable bonds is 6. The number of para-hydroxylation sites is 1. The Morgan fingerprint density at radius 3 is 2.53 bits per heavy atom. The third kappa shape index (κ3) is 3.47. The van der Waals surface area contributed by atoms with Gasteiger partial charge in [0.15, 0.2) is 5.60 Å². The van der Waals surface area contributed by atoms with Gasteiger partial charge < -0.3 is 15.2 Å². The van der Waals surface area contributed by atoms with Crippen LogP contribution in [0.2, 0.25) is 0 Å². The number of carboxylic acid groups (broad SMARTS) is 1. The topological polar surface area (TPSA) is 75.6 Å². The Kier molecular flexibility index (Phi) is 3.74. The fraction of sp³-hybridized carbons (Fsp3) is 0.429. The molecule has 1 aliphatic rings. The highest BCUT2D eigenvalue weighted by atomic mass is 16.5. The van der Waals surface area contributed by atoms with E-state index < -0.39 is 17.6 Å². The average Bonchev–Trinajstić information content (AvgIpc) is 3.10. The first kappa shape index (κ1) is 13.4. The summed E-state index contributed by atoms with van der Waals surface area (Å²) in [6.45, 7) is 1.67. The first-order valence-electron chi connectivity index (χ1n) is 6.29. The van der Waals surface area contributed by atoms with Gasteiger partial charge in [-0.05, 0) is 19.1 Å². The summed E-state index contributed by atoms with van der Waals surface area (Å²) < 4.78 is 5.72. The molecule has 2 rings (SSSR count). The Labute approximate surface area is 111 Å². The van der Waals surface area contributed by atoms with Gasteiger partial charge in [-0.3, -0.25) is 9.59 Å². The Morgan fingerprint density at radius 2 is 2.00 bits per heavy atom. The molecular formula is C14H17NO4. The fourth-order valence-electron chi connectivity index (χ4n) is 1.87. The van der Waals surface area contributed by atoms with Crippen molar-refractivity contribution in [1.82, 2.24) is 5.32 Å². The number of amides is 1. The summed E-state index contributed by atoms with van der Waals surface area (Å²) in [6.07, 6.45) is 1.23. The molecule has 19 heavy (non-hydrogen) atoms. The molecule has 1 saturated carbocycles. The largest absolute Gasteiger partial charge is 0.481 e. The second-order valence-corrected chi connectivity index (χ2v) is 4.88. The van der Waals surface area contributed by atoms with Gasteiger partial charge in [-0.2, -0.15) is 0 Å². The molecule has 1 aromatic rings. The van der Waals surface area contributed by atoms with Crippen LogP contribution in [0.5, 0.6) is 5.75 Å². The molecule has 0 radical (unpaired) electrons. The molecule has 1 aliphatic carbocycles. The summed E-state index contributed by atoms with van der Waals surface area (Å²) in [7, 11) is 0. The maximum Gasteiger partial charge on any atom is 0.305 e. The van der Waals surface area contributed by atoms with Crippen LogP contribution in [0.25, 0.3) is 0 Å². The van der Waals surface area contributed by atoms with Gasteiger partial charge in [0.1, 0.15) is 5.75 Å². The molecule has 1 atom stereocenters. The molecule has 102 valence electrons. The Balaban J connectivity index is 1.93. The van der Waals surface area contributed by atoms with Crippen molar-refractivity contribution >= 4 is 11.9 Å². The molecule has 0 aromatic heterocycles. The first-order chi connectivity index (χ1) is 9.02. The number of aliphatic carboxylic acids is 1. The van der Waals surface area contributed by atoms with E-state index in [2.05, 4.69) is 5.32 Å². The van der Waals surface area contributed by atoms with Gasteiger partial charge in [-0.15, -0.1) is 0 Å². The van der Waals surface area contributed by atoms with Gasteiger partial charge in [0.25, 0.3) is 5.91 Å². The number of carbonyl (C=O) groups is 2. The van der Waals surface area contributed by atoms with Crippen LogP contribution in [0.1, 0.15) is 26.2 Å². The zero-order chi connectivity index (χ0) is 13.9. The van der Waals surface area contributed by atoms with E-state index in [1.807, 2.05) is 18.2 Å². The van der Waals surface area contributed by atoms with Crippen LogP contribution in [-0.2, 0) is 9.59 Å². The SMILES string of the molecule is CC(CC(=O)O)NC(=O)C1(Oc2ccccc2)CC1. The number of nitrogens with one attached hydrogen (secondary N) is 1. The minimum Gasteiger partial charge on any atom is -0.481 e. The van der Waals surface area contributed by atoms with Crippen molar-refractivity contribution in [2.45, 2.75) is 37.8 Å². The van der Waals surface area contributed by atoms with Gasteiger partial charge >= 0.3 is 5.97 Å². The molecule has 0 aliphatic heterocycles. The van der Waals surface area contributed by atoms with Crippen molar-refractivity contribution in [2.75, 3.05) is 0 Å². The smallest absolute Gasteiger partial charge is 0.305 e.